The molecule has 2 saturated heterocycles. The van der Waals surface area contributed by atoms with Crippen LogP contribution < -0.4 is 5.32 Å². The van der Waals surface area contributed by atoms with Gasteiger partial charge in [0, 0.05) is 45.4 Å². The lowest BCUT2D eigenvalue weighted by Crippen LogP contribution is -2.47. The van der Waals surface area contributed by atoms with E-state index in [4.69, 9.17) is 16.3 Å². The summed E-state index contributed by atoms with van der Waals surface area (Å²) in [4.78, 5) is 2.37. The first kappa shape index (κ1) is 18.0. The average Bonchev–Trinajstić information content (AvgIpc) is 2.56. The number of hydrogen-bond acceptors (Lipinski definition) is 3. The van der Waals surface area contributed by atoms with Crippen LogP contribution in [0.3, 0.4) is 0 Å². The van der Waals surface area contributed by atoms with Gasteiger partial charge < -0.3 is 10.1 Å². The normalized spacial score (nSPS) is 22.5. The van der Waals surface area contributed by atoms with Crippen LogP contribution in [0.25, 0.3) is 0 Å². The largest absolute Gasteiger partial charge is 0.417 e. The number of nitrogens with one attached hydrogen (secondary N) is 1. The summed E-state index contributed by atoms with van der Waals surface area (Å²) in [6, 6.07) is 4.31. The summed E-state index contributed by atoms with van der Waals surface area (Å²) >= 11 is 5.96. The first-order valence-electron chi connectivity index (χ1n) is 8.36. The van der Waals surface area contributed by atoms with Crippen molar-refractivity contribution in [1.82, 2.24) is 10.2 Å². The van der Waals surface area contributed by atoms with E-state index in [0.717, 1.165) is 50.7 Å². The molecule has 0 radical (unpaired) electrons. The second-order valence-corrected chi connectivity index (χ2v) is 6.82. The maximum absolute atomic E-state index is 13.0. The molecule has 1 aromatic rings. The zero-order valence-corrected chi connectivity index (χ0v) is 14.2. The average molecular weight is 363 g/mol. The molecule has 2 fully saturated rings. The number of hydrogen-bond donors (Lipinski definition) is 1. The van der Waals surface area contributed by atoms with Gasteiger partial charge >= 0.3 is 6.18 Å². The number of alkyl halides is 3. The molecule has 2 heterocycles. The molecule has 3 rings (SSSR count). The van der Waals surface area contributed by atoms with Gasteiger partial charge in [-0.05, 0) is 36.5 Å². The van der Waals surface area contributed by atoms with Crippen molar-refractivity contribution in [3.05, 3.63) is 34.3 Å². The Kier molecular flexibility index (Phi) is 5.70. The third-order valence-electron chi connectivity index (χ3n) is 4.90. The molecular formula is C17H22ClF3N2O. The van der Waals surface area contributed by atoms with Crippen LogP contribution in [0, 0.1) is 5.92 Å². The number of halogens is 4. The molecule has 2 aliphatic heterocycles. The van der Waals surface area contributed by atoms with E-state index in [2.05, 4.69) is 10.2 Å². The van der Waals surface area contributed by atoms with Crippen molar-refractivity contribution in [2.45, 2.75) is 25.1 Å². The molecule has 0 saturated carbocycles. The van der Waals surface area contributed by atoms with Gasteiger partial charge in [-0.15, -0.1) is 0 Å². The third kappa shape index (κ3) is 4.04. The molecule has 0 bridgehead atoms. The number of rotatable bonds is 3. The first-order valence-corrected chi connectivity index (χ1v) is 8.74. The van der Waals surface area contributed by atoms with E-state index in [1.54, 1.807) is 6.07 Å². The Balaban J connectivity index is 1.90. The molecule has 3 nitrogen and oxygen atoms in total. The van der Waals surface area contributed by atoms with Crippen LogP contribution in [0.2, 0.25) is 5.02 Å². The van der Waals surface area contributed by atoms with Gasteiger partial charge in [-0.2, -0.15) is 13.2 Å². The second-order valence-electron chi connectivity index (χ2n) is 6.42. The summed E-state index contributed by atoms with van der Waals surface area (Å²) in [5, 5.41) is 3.11. The van der Waals surface area contributed by atoms with E-state index in [1.165, 1.54) is 6.07 Å². The maximum atomic E-state index is 13.0. The lowest BCUT2D eigenvalue weighted by molar-refractivity contribution is -0.137. The summed E-state index contributed by atoms with van der Waals surface area (Å²) < 4.78 is 44.4. The van der Waals surface area contributed by atoms with Crippen molar-refractivity contribution in [2.75, 3.05) is 39.4 Å². The van der Waals surface area contributed by atoms with Gasteiger partial charge in [0.25, 0.3) is 0 Å². The van der Waals surface area contributed by atoms with Crippen LogP contribution in [0.5, 0.6) is 0 Å². The Labute approximate surface area is 145 Å². The topological polar surface area (TPSA) is 24.5 Å². The van der Waals surface area contributed by atoms with Gasteiger partial charge in [0.15, 0.2) is 0 Å². The van der Waals surface area contributed by atoms with Gasteiger partial charge in [-0.3, -0.25) is 4.90 Å². The van der Waals surface area contributed by atoms with Gasteiger partial charge in [-0.1, -0.05) is 17.7 Å². The van der Waals surface area contributed by atoms with Gasteiger partial charge in [0.2, 0.25) is 0 Å². The second kappa shape index (κ2) is 7.60. The van der Waals surface area contributed by atoms with E-state index in [1.807, 2.05) is 0 Å². The van der Waals surface area contributed by atoms with Crippen LogP contribution in [-0.4, -0.2) is 44.3 Å². The van der Waals surface area contributed by atoms with Gasteiger partial charge in [0.1, 0.15) is 0 Å². The first-order chi connectivity index (χ1) is 11.5. The monoisotopic (exact) mass is 362 g/mol. The number of piperazine rings is 1. The zero-order valence-electron chi connectivity index (χ0n) is 13.4. The van der Waals surface area contributed by atoms with E-state index >= 15 is 0 Å². The molecule has 134 valence electrons. The van der Waals surface area contributed by atoms with Crippen molar-refractivity contribution < 1.29 is 17.9 Å². The Morgan fingerprint density at radius 3 is 2.42 bits per heavy atom. The van der Waals surface area contributed by atoms with E-state index in [-0.39, 0.29) is 11.1 Å². The van der Waals surface area contributed by atoms with Crippen molar-refractivity contribution in [3.63, 3.8) is 0 Å². The highest BCUT2D eigenvalue weighted by Crippen LogP contribution is 2.40. The van der Waals surface area contributed by atoms with E-state index in [0.29, 0.717) is 19.1 Å². The zero-order chi connectivity index (χ0) is 17.2. The summed E-state index contributed by atoms with van der Waals surface area (Å²) in [7, 11) is 0. The third-order valence-corrected chi connectivity index (χ3v) is 5.21. The minimum Gasteiger partial charge on any atom is -0.381 e. The minimum absolute atomic E-state index is 0.0933. The Hall–Kier alpha value is -0.820. The Morgan fingerprint density at radius 2 is 1.83 bits per heavy atom. The van der Waals surface area contributed by atoms with Crippen LogP contribution >= 0.6 is 11.6 Å². The van der Waals surface area contributed by atoms with Gasteiger partial charge in [0.05, 0.1) is 10.6 Å². The molecule has 0 aliphatic carbocycles. The highest BCUT2D eigenvalue weighted by Gasteiger charge is 2.35. The van der Waals surface area contributed by atoms with Crippen molar-refractivity contribution in [3.8, 4) is 0 Å². The summed E-state index contributed by atoms with van der Waals surface area (Å²) in [6.07, 6.45) is -2.57. The van der Waals surface area contributed by atoms with Crippen LogP contribution in [-0.2, 0) is 10.9 Å². The highest BCUT2D eigenvalue weighted by atomic mass is 35.5. The molecule has 1 N–H and O–H groups in total. The summed E-state index contributed by atoms with van der Waals surface area (Å²) in [6.45, 7) is 4.99. The predicted octanol–water partition coefficient (Wildman–Crippen LogP) is 3.73. The molecule has 0 amide bonds. The fourth-order valence-electron chi connectivity index (χ4n) is 3.72. The highest BCUT2D eigenvalue weighted by molar-refractivity contribution is 6.31. The standard InChI is InChI=1S/C17H22ClF3N2O/c18-15-11-13(1-2-14(15)17(19,20)21)16(12-3-9-24-10-4-12)23-7-5-22-6-8-23/h1-2,11-12,16,22H,3-10H2/t16-/m1/s1. The van der Waals surface area contributed by atoms with Gasteiger partial charge in [-0.25, -0.2) is 0 Å². The number of ether oxygens (including phenoxy) is 1. The van der Waals surface area contributed by atoms with Crippen molar-refractivity contribution in [1.29, 1.82) is 0 Å². The molecule has 7 heteroatoms. The SMILES string of the molecule is FC(F)(F)c1ccc([C@@H](C2CCOCC2)N2CCNCC2)cc1Cl. The van der Waals surface area contributed by atoms with E-state index in [9.17, 15) is 13.2 Å². The van der Waals surface area contributed by atoms with Crippen LogP contribution in [0.4, 0.5) is 13.2 Å². The van der Waals surface area contributed by atoms with Crippen LogP contribution in [0.15, 0.2) is 18.2 Å². The van der Waals surface area contributed by atoms with Crippen LogP contribution in [0.1, 0.15) is 30.0 Å². The smallest absolute Gasteiger partial charge is 0.381 e. The molecule has 0 spiro atoms. The molecule has 0 unspecified atom stereocenters. The molecule has 1 atom stereocenters. The lowest BCUT2D eigenvalue weighted by Gasteiger charge is -2.41. The molecule has 2 aliphatic rings. The molecule has 1 aromatic carbocycles. The number of benzene rings is 1. The quantitative estimate of drug-likeness (QED) is 0.886. The predicted molar refractivity (Wildman–Crippen MR) is 87.2 cm³/mol. The molecule has 24 heavy (non-hydrogen) atoms. The fraction of sp³-hybridized carbons (Fsp3) is 0.647. The molecular weight excluding hydrogens is 341 g/mol. The maximum Gasteiger partial charge on any atom is 0.417 e. The fourth-order valence-corrected chi connectivity index (χ4v) is 4.01. The number of nitrogens with zero attached hydrogens (tertiary/aromatic N) is 1. The van der Waals surface area contributed by atoms with Crippen molar-refractivity contribution >= 4 is 11.6 Å². The summed E-state index contributed by atoms with van der Waals surface area (Å²) in [5.41, 5.74) is 0.112. The van der Waals surface area contributed by atoms with E-state index < -0.39 is 11.7 Å². The lowest BCUT2D eigenvalue weighted by atomic mass is 9.85. The minimum atomic E-state index is -4.42. The molecule has 0 aromatic heterocycles. The summed E-state index contributed by atoms with van der Waals surface area (Å²) in [5.74, 6) is 0.379. The Bertz CT molecular complexity index is 537. The Morgan fingerprint density at radius 1 is 1.17 bits per heavy atom. The van der Waals surface area contributed by atoms with Crippen molar-refractivity contribution in [2.24, 2.45) is 5.92 Å².